The summed E-state index contributed by atoms with van der Waals surface area (Å²) in [7, 11) is 1.77. The lowest BCUT2D eigenvalue weighted by Gasteiger charge is -2.16. The topological polar surface area (TPSA) is 77.2 Å². The summed E-state index contributed by atoms with van der Waals surface area (Å²) < 4.78 is 22.8. The SMILES string of the molecule is CCOc1cccc2cc(C(C)NC(=NC)NCCCOCC3CCOC3)oc12.I. The molecule has 1 aromatic heterocycles. The Hall–Kier alpha value is -1.52. The van der Waals surface area contributed by atoms with E-state index in [0.717, 1.165) is 74.3 Å². The number of aliphatic imine (C=N–C) groups is 1. The van der Waals surface area contributed by atoms with Gasteiger partial charge in [0, 0.05) is 38.1 Å². The summed E-state index contributed by atoms with van der Waals surface area (Å²) in [6.45, 7) is 8.66. The fourth-order valence-corrected chi connectivity index (χ4v) is 3.36. The van der Waals surface area contributed by atoms with E-state index in [4.69, 9.17) is 18.6 Å². The number of nitrogens with one attached hydrogen (secondary N) is 2. The number of guanidine groups is 1. The molecule has 30 heavy (non-hydrogen) atoms. The Morgan fingerprint density at radius 1 is 1.37 bits per heavy atom. The van der Waals surface area contributed by atoms with Gasteiger partial charge in [0.05, 0.1) is 25.9 Å². The molecule has 0 radical (unpaired) electrons. The number of halogens is 1. The smallest absolute Gasteiger partial charge is 0.191 e. The third-order valence-electron chi connectivity index (χ3n) is 4.97. The summed E-state index contributed by atoms with van der Waals surface area (Å²) in [5, 5.41) is 7.74. The minimum Gasteiger partial charge on any atom is -0.490 e. The Morgan fingerprint density at radius 3 is 2.97 bits per heavy atom. The van der Waals surface area contributed by atoms with Crippen LogP contribution in [0.4, 0.5) is 0 Å². The van der Waals surface area contributed by atoms with E-state index in [2.05, 4.69) is 22.5 Å². The monoisotopic (exact) mass is 531 g/mol. The summed E-state index contributed by atoms with van der Waals surface area (Å²) in [6.07, 6.45) is 2.03. The van der Waals surface area contributed by atoms with Gasteiger partial charge in [0.15, 0.2) is 17.3 Å². The summed E-state index contributed by atoms with van der Waals surface area (Å²) >= 11 is 0. The van der Waals surface area contributed by atoms with Crippen LogP contribution < -0.4 is 15.4 Å². The van der Waals surface area contributed by atoms with E-state index in [1.165, 1.54) is 0 Å². The van der Waals surface area contributed by atoms with Gasteiger partial charge in [0.1, 0.15) is 5.76 Å². The van der Waals surface area contributed by atoms with E-state index < -0.39 is 0 Å². The number of benzene rings is 1. The van der Waals surface area contributed by atoms with Crippen molar-refractivity contribution in [3.8, 4) is 5.75 Å². The molecule has 2 unspecified atom stereocenters. The molecule has 1 aliphatic heterocycles. The van der Waals surface area contributed by atoms with Crippen LogP contribution in [0.5, 0.6) is 5.75 Å². The van der Waals surface area contributed by atoms with E-state index in [9.17, 15) is 0 Å². The Kier molecular flexibility index (Phi) is 10.7. The van der Waals surface area contributed by atoms with Gasteiger partial charge in [-0.2, -0.15) is 0 Å². The molecule has 2 N–H and O–H groups in total. The number of furan rings is 1. The molecule has 0 spiro atoms. The molecule has 1 aliphatic rings. The second-order valence-corrected chi connectivity index (χ2v) is 7.28. The number of para-hydroxylation sites is 1. The predicted molar refractivity (Wildman–Crippen MR) is 130 cm³/mol. The van der Waals surface area contributed by atoms with E-state index in [-0.39, 0.29) is 30.0 Å². The highest BCUT2D eigenvalue weighted by atomic mass is 127. The first-order valence-electron chi connectivity index (χ1n) is 10.5. The van der Waals surface area contributed by atoms with E-state index in [1.807, 2.05) is 31.2 Å². The van der Waals surface area contributed by atoms with Crippen LogP contribution >= 0.6 is 24.0 Å². The number of ether oxygens (including phenoxy) is 3. The normalized spacial score (nSPS) is 17.6. The van der Waals surface area contributed by atoms with E-state index in [0.29, 0.717) is 12.5 Å². The number of rotatable bonds is 10. The third-order valence-corrected chi connectivity index (χ3v) is 4.97. The van der Waals surface area contributed by atoms with Crippen LogP contribution in [-0.2, 0) is 9.47 Å². The summed E-state index contributed by atoms with van der Waals surface area (Å²) in [5.74, 6) is 2.92. The molecule has 2 aromatic rings. The van der Waals surface area contributed by atoms with Crippen LogP contribution in [-0.4, -0.2) is 52.6 Å². The third kappa shape index (κ3) is 7.02. The van der Waals surface area contributed by atoms with Gasteiger partial charge in [-0.15, -0.1) is 24.0 Å². The molecule has 0 bridgehead atoms. The zero-order chi connectivity index (χ0) is 20.5. The van der Waals surface area contributed by atoms with E-state index >= 15 is 0 Å². The van der Waals surface area contributed by atoms with Gasteiger partial charge in [-0.1, -0.05) is 12.1 Å². The van der Waals surface area contributed by atoms with Crippen molar-refractivity contribution in [2.24, 2.45) is 10.9 Å². The quantitative estimate of drug-likeness (QED) is 0.208. The van der Waals surface area contributed by atoms with Crippen LogP contribution in [0.2, 0.25) is 0 Å². The molecule has 7 nitrogen and oxygen atoms in total. The van der Waals surface area contributed by atoms with Gasteiger partial charge in [0.25, 0.3) is 0 Å². The average molecular weight is 531 g/mol. The van der Waals surface area contributed by atoms with Crippen molar-refractivity contribution < 1.29 is 18.6 Å². The van der Waals surface area contributed by atoms with Gasteiger partial charge in [-0.3, -0.25) is 4.99 Å². The van der Waals surface area contributed by atoms with Gasteiger partial charge < -0.3 is 29.3 Å². The summed E-state index contributed by atoms with van der Waals surface area (Å²) in [4.78, 5) is 4.31. The zero-order valence-electron chi connectivity index (χ0n) is 18.1. The minimum atomic E-state index is -0.0262. The number of nitrogens with zero attached hydrogens (tertiary/aromatic N) is 1. The first kappa shape index (κ1) is 24.7. The number of hydrogen-bond donors (Lipinski definition) is 2. The van der Waals surface area contributed by atoms with Crippen molar-refractivity contribution in [2.45, 2.75) is 32.7 Å². The maximum atomic E-state index is 6.06. The van der Waals surface area contributed by atoms with Crippen molar-refractivity contribution >= 4 is 40.9 Å². The van der Waals surface area contributed by atoms with Crippen molar-refractivity contribution in [1.82, 2.24) is 10.6 Å². The lowest BCUT2D eigenvalue weighted by atomic mass is 10.1. The first-order chi connectivity index (χ1) is 14.2. The second-order valence-electron chi connectivity index (χ2n) is 7.28. The molecular weight excluding hydrogens is 497 g/mol. The van der Waals surface area contributed by atoms with Crippen LogP contribution in [0.3, 0.4) is 0 Å². The zero-order valence-corrected chi connectivity index (χ0v) is 20.4. The van der Waals surface area contributed by atoms with Crippen LogP contribution in [0, 0.1) is 5.92 Å². The average Bonchev–Trinajstić information content (AvgIpc) is 3.40. The van der Waals surface area contributed by atoms with Crippen molar-refractivity contribution in [3.05, 3.63) is 30.0 Å². The van der Waals surface area contributed by atoms with Gasteiger partial charge in [0.2, 0.25) is 0 Å². The summed E-state index contributed by atoms with van der Waals surface area (Å²) in [6, 6.07) is 7.96. The van der Waals surface area contributed by atoms with Crippen molar-refractivity contribution in [1.29, 1.82) is 0 Å². The molecule has 168 valence electrons. The van der Waals surface area contributed by atoms with Crippen LogP contribution in [0.25, 0.3) is 11.0 Å². The lowest BCUT2D eigenvalue weighted by Crippen LogP contribution is -2.39. The molecule has 0 aliphatic carbocycles. The van der Waals surface area contributed by atoms with Gasteiger partial charge in [-0.25, -0.2) is 0 Å². The molecule has 0 saturated carbocycles. The highest BCUT2D eigenvalue weighted by Gasteiger charge is 2.16. The van der Waals surface area contributed by atoms with Crippen LogP contribution in [0.15, 0.2) is 33.7 Å². The van der Waals surface area contributed by atoms with E-state index in [1.54, 1.807) is 7.05 Å². The lowest BCUT2D eigenvalue weighted by molar-refractivity contribution is 0.0888. The van der Waals surface area contributed by atoms with Crippen molar-refractivity contribution in [3.63, 3.8) is 0 Å². The maximum Gasteiger partial charge on any atom is 0.191 e. The van der Waals surface area contributed by atoms with Gasteiger partial charge >= 0.3 is 0 Å². The number of fused-ring (bicyclic) bond motifs is 1. The fraction of sp³-hybridized carbons (Fsp3) is 0.591. The molecule has 1 fully saturated rings. The van der Waals surface area contributed by atoms with Gasteiger partial charge in [-0.05, 0) is 38.8 Å². The molecule has 2 heterocycles. The Bertz CT molecular complexity index is 790. The Balaban J connectivity index is 0.00000320. The largest absolute Gasteiger partial charge is 0.490 e. The molecule has 3 rings (SSSR count). The molecule has 1 aromatic carbocycles. The highest BCUT2D eigenvalue weighted by molar-refractivity contribution is 14.0. The Labute approximate surface area is 195 Å². The maximum absolute atomic E-state index is 6.06. The second kappa shape index (κ2) is 13.0. The fourth-order valence-electron chi connectivity index (χ4n) is 3.36. The minimum absolute atomic E-state index is 0. The predicted octanol–water partition coefficient (Wildman–Crippen LogP) is 4.12. The van der Waals surface area contributed by atoms with Crippen LogP contribution in [0.1, 0.15) is 38.5 Å². The highest BCUT2D eigenvalue weighted by Crippen LogP contribution is 2.31. The molecule has 2 atom stereocenters. The first-order valence-corrected chi connectivity index (χ1v) is 10.5. The number of hydrogen-bond acceptors (Lipinski definition) is 5. The molecule has 1 saturated heterocycles. The van der Waals surface area contributed by atoms with Crippen molar-refractivity contribution in [2.75, 3.05) is 46.6 Å². The summed E-state index contributed by atoms with van der Waals surface area (Å²) in [5.41, 5.74) is 0.783. The standard InChI is InChI=1S/C22H33N3O4.HI/c1-4-28-19-8-5-7-18-13-20(29-21(18)19)16(2)25-22(23-3)24-10-6-11-26-14-17-9-12-27-15-17;/h5,7-8,13,16-17H,4,6,9-12,14-15H2,1-3H3,(H2,23,24,25);1H. The molecule has 8 heteroatoms. The Morgan fingerprint density at radius 2 is 2.23 bits per heavy atom. The molecule has 0 amide bonds. The molecular formula is C22H34IN3O4.